The molecule has 0 fully saturated rings. The molecule has 0 aliphatic rings. The summed E-state index contributed by atoms with van der Waals surface area (Å²) in [6.07, 6.45) is 3.33. The van der Waals surface area contributed by atoms with E-state index in [2.05, 4.69) is 22.9 Å². The van der Waals surface area contributed by atoms with Crippen molar-refractivity contribution in [3.8, 4) is 0 Å². The largest absolute Gasteiger partial charge is 0.396 e. The van der Waals surface area contributed by atoms with Gasteiger partial charge < -0.3 is 10.8 Å². The zero-order chi connectivity index (χ0) is 8.69. The Balaban J connectivity index is 3.44. The van der Waals surface area contributed by atoms with Crippen LogP contribution in [-0.4, -0.2) is 23.1 Å². The topological polar surface area (TPSA) is 46.2 Å². The molecule has 0 aromatic heterocycles. The van der Waals surface area contributed by atoms with Crippen LogP contribution in [0.1, 0.15) is 26.2 Å². The molecule has 2 nitrogen and oxygen atoms in total. The molecule has 0 rings (SSSR count). The lowest BCUT2D eigenvalue weighted by Gasteiger charge is -2.15. The van der Waals surface area contributed by atoms with E-state index in [9.17, 15) is 0 Å². The van der Waals surface area contributed by atoms with Crippen LogP contribution in [0.4, 0.5) is 0 Å². The second-order valence-corrected chi connectivity index (χ2v) is 4.20. The van der Waals surface area contributed by atoms with Crippen LogP contribution in [0.3, 0.4) is 0 Å². The number of aliphatic hydroxyl groups is 1. The van der Waals surface area contributed by atoms with Crippen molar-refractivity contribution in [2.45, 2.75) is 31.0 Å². The predicted octanol–water partition coefficient (Wildman–Crippen LogP) is 1.51. The number of halogens is 1. The van der Waals surface area contributed by atoms with Gasteiger partial charge in [-0.25, -0.2) is 0 Å². The molecule has 2 unspecified atom stereocenters. The maximum Gasteiger partial charge on any atom is 0.0471 e. The molecule has 0 heterocycles. The molecular weight excluding hydrogens is 206 g/mol. The van der Waals surface area contributed by atoms with Crippen LogP contribution >= 0.6 is 15.9 Å². The van der Waals surface area contributed by atoms with Gasteiger partial charge in [0.25, 0.3) is 0 Å². The van der Waals surface area contributed by atoms with E-state index in [0.29, 0.717) is 11.4 Å². The molecule has 0 saturated heterocycles. The Kier molecular flexibility index (Phi) is 7.33. The van der Waals surface area contributed by atoms with Gasteiger partial charge in [0.05, 0.1) is 0 Å². The van der Waals surface area contributed by atoms with E-state index in [1.165, 1.54) is 6.42 Å². The summed E-state index contributed by atoms with van der Waals surface area (Å²) in [5, 5.41) is 8.84. The van der Waals surface area contributed by atoms with E-state index in [4.69, 9.17) is 10.8 Å². The third kappa shape index (κ3) is 5.65. The van der Waals surface area contributed by atoms with E-state index < -0.39 is 0 Å². The van der Waals surface area contributed by atoms with E-state index >= 15 is 0 Å². The van der Waals surface area contributed by atoms with Crippen molar-refractivity contribution in [1.29, 1.82) is 0 Å². The van der Waals surface area contributed by atoms with Gasteiger partial charge in [-0.3, -0.25) is 0 Å². The molecule has 0 aliphatic heterocycles. The number of nitrogens with two attached hydrogens (primary N) is 1. The van der Waals surface area contributed by atoms with Crippen LogP contribution in [0.15, 0.2) is 0 Å². The summed E-state index contributed by atoms with van der Waals surface area (Å²) in [6.45, 7) is 2.95. The minimum Gasteiger partial charge on any atom is -0.396 e. The van der Waals surface area contributed by atoms with Crippen LogP contribution in [-0.2, 0) is 0 Å². The highest BCUT2D eigenvalue weighted by atomic mass is 79.9. The number of hydrogen-bond donors (Lipinski definition) is 2. The second kappa shape index (κ2) is 7.07. The van der Waals surface area contributed by atoms with Gasteiger partial charge in [-0.15, -0.1) is 0 Å². The summed E-state index contributed by atoms with van der Waals surface area (Å²) in [6, 6.07) is 0. The van der Waals surface area contributed by atoms with Gasteiger partial charge in [0.2, 0.25) is 0 Å². The molecule has 0 saturated carbocycles. The summed E-state index contributed by atoms with van der Waals surface area (Å²) in [5.74, 6) is 0.269. The predicted molar refractivity (Wildman–Crippen MR) is 51.9 cm³/mol. The minimum absolute atomic E-state index is 0.211. The lowest BCUT2D eigenvalue weighted by atomic mass is 10.0. The third-order valence-corrected chi connectivity index (χ3v) is 2.61. The number of alkyl halides is 1. The third-order valence-electron chi connectivity index (χ3n) is 1.78. The Hall–Kier alpha value is 0.400. The first kappa shape index (κ1) is 11.4. The summed E-state index contributed by atoms with van der Waals surface area (Å²) in [7, 11) is 0. The van der Waals surface area contributed by atoms with Crippen LogP contribution in [0.5, 0.6) is 0 Å². The van der Waals surface area contributed by atoms with Crippen molar-refractivity contribution >= 4 is 15.9 Å². The van der Waals surface area contributed by atoms with Crippen LogP contribution in [0.25, 0.3) is 0 Å². The Morgan fingerprint density at radius 2 is 2.18 bits per heavy atom. The number of rotatable bonds is 6. The van der Waals surface area contributed by atoms with Gasteiger partial charge in [0, 0.05) is 11.4 Å². The number of hydrogen-bond acceptors (Lipinski definition) is 2. The maximum atomic E-state index is 8.84. The Morgan fingerprint density at radius 1 is 1.55 bits per heavy atom. The van der Waals surface area contributed by atoms with E-state index in [-0.39, 0.29) is 12.5 Å². The van der Waals surface area contributed by atoms with Crippen molar-refractivity contribution in [1.82, 2.24) is 0 Å². The SMILES string of the molecule is CCCC(Br)CC(CN)CO. The van der Waals surface area contributed by atoms with Gasteiger partial charge in [0.15, 0.2) is 0 Å². The van der Waals surface area contributed by atoms with Gasteiger partial charge in [-0.1, -0.05) is 29.3 Å². The molecule has 0 aromatic carbocycles. The first-order valence-corrected chi connectivity index (χ1v) is 5.11. The van der Waals surface area contributed by atoms with Crippen molar-refractivity contribution in [3.63, 3.8) is 0 Å². The standard InChI is InChI=1S/C8H18BrNO/c1-2-3-8(9)4-7(5-10)6-11/h7-8,11H,2-6,10H2,1H3. The summed E-state index contributed by atoms with van der Waals surface area (Å²) < 4.78 is 0. The van der Waals surface area contributed by atoms with E-state index in [1.54, 1.807) is 0 Å². The Bertz CT molecular complexity index is 86.2. The zero-order valence-corrected chi connectivity index (χ0v) is 8.68. The fourth-order valence-corrected chi connectivity index (χ4v) is 2.02. The lowest BCUT2D eigenvalue weighted by molar-refractivity contribution is 0.222. The van der Waals surface area contributed by atoms with Crippen molar-refractivity contribution < 1.29 is 5.11 Å². The average Bonchev–Trinajstić information content (AvgIpc) is 2.01. The molecule has 3 N–H and O–H groups in total. The lowest BCUT2D eigenvalue weighted by Crippen LogP contribution is -2.21. The molecule has 0 radical (unpaired) electrons. The normalized spacial score (nSPS) is 16.4. The highest BCUT2D eigenvalue weighted by Crippen LogP contribution is 2.17. The smallest absolute Gasteiger partial charge is 0.0471 e. The highest BCUT2D eigenvalue weighted by molar-refractivity contribution is 9.09. The Morgan fingerprint density at radius 3 is 2.55 bits per heavy atom. The van der Waals surface area contributed by atoms with E-state index in [1.807, 2.05) is 0 Å². The molecule has 0 aromatic rings. The average molecular weight is 224 g/mol. The summed E-state index contributed by atoms with van der Waals surface area (Å²) in [5.41, 5.74) is 5.45. The molecule has 2 atom stereocenters. The van der Waals surface area contributed by atoms with Gasteiger partial charge >= 0.3 is 0 Å². The molecule has 68 valence electrons. The number of aliphatic hydroxyl groups excluding tert-OH is 1. The quantitative estimate of drug-likeness (QED) is 0.672. The zero-order valence-electron chi connectivity index (χ0n) is 7.09. The van der Waals surface area contributed by atoms with E-state index in [0.717, 1.165) is 12.8 Å². The molecule has 0 spiro atoms. The van der Waals surface area contributed by atoms with Gasteiger partial charge in [-0.05, 0) is 25.3 Å². The monoisotopic (exact) mass is 223 g/mol. The fourth-order valence-electron chi connectivity index (χ4n) is 1.04. The molecule has 0 aliphatic carbocycles. The van der Waals surface area contributed by atoms with Gasteiger partial charge in [0.1, 0.15) is 0 Å². The molecule has 3 heteroatoms. The van der Waals surface area contributed by atoms with Gasteiger partial charge in [-0.2, -0.15) is 0 Å². The highest BCUT2D eigenvalue weighted by Gasteiger charge is 2.10. The van der Waals surface area contributed by atoms with Crippen LogP contribution in [0, 0.1) is 5.92 Å². The van der Waals surface area contributed by atoms with Crippen molar-refractivity contribution in [3.05, 3.63) is 0 Å². The van der Waals surface area contributed by atoms with Crippen molar-refractivity contribution in [2.24, 2.45) is 11.7 Å². The second-order valence-electron chi connectivity index (χ2n) is 2.91. The molecular formula is C8H18BrNO. The summed E-state index contributed by atoms with van der Waals surface area (Å²) >= 11 is 3.55. The summed E-state index contributed by atoms with van der Waals surface area (Å²) in [4.78, 5) is 0.521. The van der Waals surface area contributed by atoms with Crippen LogP contribution < -0.4 is 5.73 Å². The minimum atomic E-state index is 0.211. The molecule has 0 bridgehead atoms. The molecule has 0 amide bonds. The first-order chi connectivity index (χ1) is 5.24. The van der Waals surface area contributed by atoms with Crippen LogP contribution in [0.2, 0.25) is 0 Å². The fraction of sp³-hybridized carbons (Fsp3) is 1.00. The first-order valence-electron chi connectivity index (χ1n) is 4.19. The molecule has 11 heavy (non-hydrogen) atoms. The Labute approximate surface area is 77.3 Å². The van der Waals surface area contributed by atoms with Crippen molar-refractivity contribution in [2.75, 3.05) is 13.2 Å². The maximum absolute atomic E-state index is 8.84.